The summed E-state index contributed by atoms with van der Waals surface area (Å²) in [7, 11) is 0. The zero-order chi connectivity index (χ0) is 19.7. The lowest BCUT2D eigenvalue weighted by molar-refractivity contribution is -0.384. The highest BCUT2D eigenvalue weighted by Gasteiger charge is 2.44. The first-order valence-electron chi connectivity index (χ1n) is 8.83. The fourth-order valence-electron chi connectivity index (χ4n) is 3.35. The highest BCUT2D eigenvalue weighted by atomic mass is 35.5. The van der Waals surface area contributed by atoms with Crippen molar-refractivity contribution in [2.24, 2.45) is 0 Å². The maximum Gasteiger partial charge on any atom is 0.271 e. The molecule has 1 N–H and O–H groups in total. The summed E-state index contributed by atoms with van der Waals surface area (Å²) in [6.07, 6.45) is 3.85. The minimum absolute atomic E-state index is 0.0620. The predicted octanol–water partition coefficient (Wildman–Crippen LogP) is 4.31. The number of hydrogen-bond acceptors (Lipinski definition) is 6. The number of fused-ring (bicyclic) bond motifs is 1. The van der Waals surface area contributed by atoms with Crippen LogP contribution in [0.15, 0.2) is 36.4 Å². The van der Waals surface area contributed by atoms with Crippen molar-refractivity contribution in [3.05, 3.63) is 51.5 Å². The number of rotatable bonds is 5. The quantitative estimate of drug-likeness (QED) is 0.588. The Bertz CT molecular complexity index is 942. The van der Waals surface area contributed by atoms with Crippen LogP contribution < -0.4 is 19.5 Å². The van der Waals surface area contributed by atoms with E-state index in [4.69, 9.17) is 25.8 Å². The summed E-state index contributed by atoms with van der Waals surface area (Å²) in [5.74, 6) is 0.522. The number of nitrogens with zero attached hydrogens (tertiary/aromatic N) is 1. The van der Waals surface area contributed by atoms with Gasteiger partial charge < -0.3 is 19.5 Å². The van der Waals surface area contributed by atoms with E-state index in [9.17, 15) is 14.9 Å². The molecule has 9 heteroatoms. The molecule has 0 aromatic heterocycles. The van der Waals surface area contributed by atoms with Gasteiger partial charge >= 0.3 is 0 Å². The van der Waals surface area contributed by atoms with Crippen LogP contribution in [0.1, 0.15) is 25.7 Å². The Morgan fingerprint density at radius 1 is 1.18 bits per heavy atom. The van der Waals surface area contributed by atoms with Crippen LogP contribution in [0.2, 0.25) is 5.02 Å². The van der Waals surface area contributed by atoms with E-state index in [0.717, 1.165) is 25.7 Å². The van der Waals surface area contributed by atoms with Crippen molar-refractivity contribution in [1.29, 1.82) is 0 Å². The minimum Gasteiger partial charge on any atom is -0.482 e. The van der Waals surface area contributed by atoms with Crippen LogP contribution >= 0.6 is 11.6 Å². The summed E-state index contributed by atoms with van der Waals surface area (Å²) >= 11 is 5.95. The lowest BCUT2D eigenvalue weighted by Gasteiger charge is -2.21. The number of non-ortho nitro benzene ring substituents is 1. The fourth-order valence-corrected chi connectivity index (χ4v) is 3.58. The van der Waals surface area contributed by atoms with Gasteiger partial charge in [-0.25, -0.2) is 0 Å². The topological polar surface area (TPSA) is 99.9 Å². The standard InChI is InChI=1S/C19H17ClN2O6/c20-14-10-13(22(24)25)4-6-15(14)26-11-18(23)21-12-3-5-16-17(9-12)28-19(27-16)7-1-2-8-19/h3-6,9-10H,1-2,7-8,11H2,(H,21,23). The second-order valence-electron chi connectivity index (χ2n) is 6.69. The third kappa shape index (κ3) is 3.68. The zero-order valence-corrected chi connectivity index (χ0v) is 15.5. The van der Waals surface area contributed by atoms with Gasteiger partial charge in [0.15, 0.2) is 18.1 Å². The molecule has 4 rings (SSSR count). The Morgan fingerprint density at radius 2 is 1.93 bits per heavy atom. The van der Waals surface area contributed by atoms with Gasteiger partial charge in [-0.2, -0.15) is 0 Å². The van der Waals surface area contributed by atoms with Crippen LogP contribution in [0.4, 0.5) is 11.4 Å². The smallest absolute Gasteiger partial charge is 0.271 e. The zero-order valence-electron chi connectivity index (χ0n) is 14.8. The van der Waals surface area contributed by atoms with E-state index in [-0.39, 0.29) is 23.1 Å². The van der Waals surface area contributed by atoms with Crippen molar-refractivity contribution in [3.63, 3.8) is 0 Å². The number of anilines is 1. The number of carbonyl (C=O) groups is 1. The molecule has 0 saturated heterocycles. The average Bonchev–Trinajstić information content (AvgIpc) is 3.26. The van der Waals surface area contributed by atoms with Gasteiger partial charge in [-0.15, -0.1) is 0 Å². The van der Waals surface area contributed by atoms with E-state index in [2.05, 4.69) is 5.32 Å². The maximum absolute atomic E-state index is 12.2. The van der Waals surface area contributed by atoms with Crippen LogP contribution in [0.5, 0.6) is 17.2 Å². The molecule has 2 aliphatic rings. The van der Waals surface area contributed by atoms with Crippen molar-refractivity contribution < 1.29 is 23.9 Å². The second kappa shape index (κ2) is 7.20. The molecule has 0 atom stereocenters. The fraction of sp³-hybridized carbons (Fsp3) is 0.316. The second-order valence-corrected chi connectivity index (χ2v) is 7.10. The molecule has 1 fully saturated rings. The molecular formula is C19H17ClN2O6. The molecule has 28 heavy (non-hydrogen) atoms. The largest absolute Gasteiger partial charge is 0.482 e. The monoisotopic (exact) mass is 404 g/mol. The van der Waals surface area contributed by atoms with Gasteiger partial charge in [0, 0.05) is 36.7 Å². The third-order valence-corrected chi connectivity index (χ3v) is 4.97. The lowest BCUT2D eigenvalue weighted by atomic mass is 10.2. The Kier molecular flexibility index (Phi) is 4.72. The van der Waals surface area contributed by atoms with Gasteiger partial charge in [0.05, 0.1) is 9.95 Å². The Morgan fingerprint density at radius 3 is 2.64 bits per heavy atom. The molecule has 1 spiro atoms. The summed E-state index contributed by atoms with van der Waals surface area (Å²) < 4.78 is 17.3. The highest BCUT2D eigenvalue weighted by Crippen LogP contribution is 2.47. The number of nitrogens with one attached hydrogen (secondary N) is 1. The van der Waals surface area contributed by atoms with Gasteiger partial charge in [-0.05, 0) is 31.0 Å². The summed E-state index contributed by atoms with van der Waals surface area (Å²) in [6.45, 7) is -0.296. The van der Waals surface area contributed by atoms with Gasteiger partial charge in [0.1, 0.15) is 5.75 Å². The Labute approximate surface area is 165 Å². The van der Waals surface area contributed by atoms with E-state index in [1.54, 1.807) is 18.2 Å². The summed E-state index contributed by atoms with van der Waals surface area (Å²) in [5, 5.41) is 13.5. The molecule has 1 amide bonds. The molecular weight excluding hydrogens is 388 g/mol. The number of hydrogen-bond donors (Lipinski definition) is 1. The number of amides is 1. The molecule has 146 valence electrons. The van der Waals surface area contributed by atoms with E-state index in [1.165, 1.54) is 18.2 Å². The number of nitro benzene ring substituents is 1. The lowest BCUT2D eigenvalue weighted by Crippen LogP contribution is -2.34. The van der Waals surface area contributed by atoms with Crippen LogP contribution in [0, 0.1) is 10.1 Å². The summed E-state index contributed by atoms with van der Waals surface area (Å²) in [5.41, 5.74) is 0.406. The number of halogens is 1. The molecule has 1 aliphatic heterocycles. The maximum atomic E-state index is 12.2. The van der Waals surface area contributed by atoms with Gasteiger partial charge in [0.2, 0.25) is 0 Å². The van der Waals surface area contributed by atoms with E-state index >= 15 is 0 Å². The van der Waals surface area contributed by atoms with E-state index in [1.807, 2.05) is 0 Å². The van der Waals surface area contributed by atoms with Crippen LogP contribution in [-0.4, -0.2) is 23.2 Å². The Balaban J connectivity index is 1.36. The number of benzene rings is 2. The van der Waals surface area contributed by atoms with E-state index in [0.29, 0.717) is 17.2 Å². The van der Waals surface area contributed by atoms with Crippen molar-refractivity contribution >= 4 is 28.9 Å². The molecule has 2 aromatic carbocycles. The van der Waals surface area contributed by atoms with Gasteiger partial charge in [-0.3, -0.25) is 14.9 Å². The molecule has 0 unspecified atom stereocenters. The van der Waals surface area contributed by atoms with Crippen molar-refractivity contribution in [3.8, 4) is 17.2 Å². The summed E-state index contributed by atoms with van der Waals surface area (Å²) in [4.78, 5) is 22.3. The molecule has 2 aromatic rings. The summed E-state index contributed by atoms with van der Waals surface area (Å²) in [6, 6.07) is 9.01. The molecule has 1 aliphatic carbocycles. The first-order valence-corrected chi connectivity index (χ1v) is 9.21. The minimum atomic E-state index is -0.558. The average molecular weight is 405 g/mol. The molecule has 1 saturated carbocycles. The molecule has 8 nitrogen and oxygen atoms in total. The molecule has 0 radical (unpaired) electrons. The van der Waals surface area contributed by atoms with Crippen LogP contribution in [-0.2, 0) is 4.79 Å². The van der Waals surface area contributed by atoms with Gasteiger partial charge in [0.25, 0.3) is 17.4 Å². The normalized spacial score (nSPS) is 16.2. The predicted molar refractivity (Wildman–Crippen MR) is 101 cm³/mol. The number of nitro groups is 1. The first kappa shape index (κ1) is 18.4. The molecule has 0 bridgehead atoms. The van der Waals surface area contributed by atoms with Crippen molar-refractivity contribution in [2.75, 3.05) is 11.9 Å². The Hall–Kier alpha value is -3.00. The number of ether oxygens (including phenoxy) is 3. The number of carbonyl (C=O) groups excluding carboxylic acids is 1. The third-order valence-electron chi connectivity index (χ3n) is 4.67. The van der Waals surface area contributed by atoms with Gasteiger partial charge in [-0.1, -0.05) is 11.6 Å². The molecule has 1 heterocycles. The first-order chi connectivity index (χ1) is 13.4. The SMILES string of the molecule is O=C(COc1ccc([N+](=O)[O-])cc1Cl)Nc1ccc2c(c1)OC1(CCCC1)O2. The van der Waals surface area contributed by atoms with Crippen molar-refractivity contribution in [2.45, 2.75) is 31.5 Å². The van der Waals surface area contributed by atoms with Crippen LogP contribution in [0.25, 0.3) is 0 Å². The van der Waals surface area contributed by atoms with Crippen molar-refractivity contribution in [1.82, 2.24) is 0 Å². The highest BCUT2D eigenvalue weighted by molar-refractivity contribution is 6.32. The van der Waals surface area contributed by atoms with E-state index < -0.39 is 16.6 Å². The van der Waals surface area contributed by atoms with Crippen LogP contribution in [0.3, 0.4) is 0 Å².